The number of ether oxygens (including phenoxy) is 1. The molecular weight excluding hydrogens is 270 g/mol. The van der Waals surface area contributed by atoms with Crippen molar-refractivity contribution in [3.8, 4) is 0 Å². The van der Waals surface area contributed by atoms with Gasteiger partial charge in [0.05, 0.1) is 19.3 Å². The molecule has 8 heteroatoms. The van der Waals surface area contributed by atoms with Crippen LogP contribution < -0.4 is 10.2 Å². The number of halogens is 1. The van der Waals surface area contributed by atoms with E-state index in [1.54, 1.807) is 7.05 Å². The highest BCUT2D eigenvalue weighted by Gasteiger charge is 2.22. The largest absolute Gasteiger partial charge is 0.394 e. The normalized spacial score (nSPS) is 16.7. The Labute approximate surface area is 117 Å². The first-order chi connectivity index (χ1) is 9.22. The average molecular weight is 288 g/mol. The van der Waals surface area contributed by atoms with Gasteiger partial charge >= 0.3 is 0 Å². The van der Waals surface area contributed by atoms with E-state index in [1.165, 1.54) is 0 Å². The van der Waals surface area contributed by atoms with Gasteiger partial charge in [-0.2, -0.15) is 15.0 Å². The van der Waals surface area contributed by atoms with Gasteiger partial charge < -0.3 is 20.1 Å². The number of piperidine rings is 1. The van der Waals surface area contributed by atoms with Crippen molar-refractivity contribution in [1.29, 1.82) is 0 Å². The Morgan fingerprint density at radius 3 is 2.74 bits per heavy atom. The van der Waals surface area contributed by atoms with Gasteiger partial charge in [0.25, 0.3) is 0 Å². The third kappa shape index (κ3) is 3.89. The van der Waals surface area contributed by atoms with Crippen molar-refractivity contribution in [2.24, 2.45) is 0 Å². The number of nitrogens with zero attached hydrogens (tertiary/aromatic N) is 4. The van der Waals surface area contributed by atoms with Crippen molar-refractivity contribution in [3.63, 3.8) is 0 Å². The molecule has 0 aliphatic carbocycles. The van der Waals surface area contributed by atoms with Gasteiger partial charge in [-0.15, -0.1) is 0 Å². The zero-order chi connectivity index (χ0) is 13.7. The predicted octanol–water partition coefficient (Wildman–Crippen LogP) is 0.544. The minimum absolute atomic E-state index is 0.0643. The predicted molar refractivity (Wildman–Crippen MR) is 72.7 cm³/mol. The van der Waals surface area contributed by atoms with Crippen molar-refractivity contribution in [1.82, 2.24) is 15.0 Å². The highest BCUT2D eigenvalue weighted by molar-refractivity contribution is 6.28. The maximum absolute atomic E-state index is 8.73. The van der Waals surface area contributed by atoms with E-state index in [9.17, 15) is 0 Å². The van der Waals surface area contributed by atoms with Gasteiger partial charge in [0.15, 0.2) is 0 Å². The lowest BCUT2D eigenvalue weighted by Gasteiger charge is -2.31. The summed E-state index contributed by atoms with van der Waals surface area (Å²) in [6.45, 7) is 2.07. The maximum Gasteiger partial charge on any atom is 0.231 e. The molecule has 1 aliphatic heterocycles. The summed E-state index contributed by atoms with van der Waals surface area (Å²) in [6.07, 6.45) is 1.97. The van der Waals surface area contributed by atoms with Gasteiger partial charge in [-0.3, -0.25) is 0 Å². The molecule has 0 unspecified atom stereocenters. The van der Waals surface area contributed by atoms with E-state index in [4.69, 9.17) is 21.4 Å². The third-order valence-corrected chi connectivity index (χ3v) is 3.16. The molecule has 2 heterocycles. The van der Waals surface area contributed by atoms with Gasteiger partial charge in [-0.25, -0.2) is 0 Å². The molecule has 0 aromatic carbocycles. The van der Waals surface area contributed by atoms with Crippen molar-refractivity contribution < 1.29 is 9.84 Å². The second kappa shape index (κ2) is 6.83. The first-order valence-corrected chi connectivity index (χ1v) is 6.67. The first-order valence-electron chi connectivity index (χ1n) is 6.29. The zero-order valence-corrected chi connectivity index (χ0v) is 11.6. The Bertz CT molecular complexity index is 412. The highest BCUT2D eigenvalue weighted by Crippen LogP contribution is 2.20. The Balaban J connectivity index is 1.95. The van der Waals surface area contributed by atoms with Crippen LogP contribution in [0.25, 0.3) is 0 Å². The summed E-state index contributed by atoms with van der Waals surface area (Å²) in [5.74, 6) is 1.05. The second-order valence-corrected chi connectivity index (χ2v) is 4.60. The van der Waals surface area contributed by atoms with Crippen molar-refractivity contribution >= 4 is 23.5 Å². The van der Waals surface area contributed by atoms with E-state index in [1.807, 2.05) is 0 Å². The van der Waals surface area contributed by atoms with Crippen LogP contribution in [0.1, 0.15) is 12.8 Å². The maximum atomic E-state index is 8.73. The second-order valence-electron chi connectivity index (χ2n) is 4.26. The van der Waals surface area contributed by atoms with Crippen LogP contribution in [0.2, 0.25) is 5.28 Å². The first kappa shape index (κ1) is 14.2. The number of hydrogen-bond acceptors (Lipinski definition) is 7. The van der Waals surface area contributed by atoms with E-state index in [0.717, 1.165) is 25.9 Å². The van der Waals surface area contributed by atoms with Gasteiger partial charge in [0.1, 0.15) is 0 Å². The molecule has 106 valence electrons. The van der Waals surface area contributed by atoms with E-state index in [0.29, 0.717) is 18.5 Å². The fourth-order valence-corrected chi connectivity index (χ4v) is 2.19. The molecular formula is C11H18ClN5O2. The number of aliphatic hydroxyl groups is 1. The van der Waals surface area contributed by atoms with Crippen LogP contribution in [0.3, 0.4) is 0 Å². The number of nitrogens with one attached hydrogen (secondary N) is 1. The fourth-order valence-electron chi connectivity index (χ4n) is 2.03. The molecule has 1 saturated heterocycles. The number of aromatic nitrogens is 3. The molecule has 2 N–H and O–H groups in total. The molecule has 0 atom stereocenters. The lowest BCUT2D eigenvalue weighted by Crippen LogP contribution is -2.38. The quantitative estimate of drug-likeness (QED) is 0.818. The van der Waals surface area contributed by atoms with E-state index in [2.05, 4.69) is 25.2 Å². The van der Waals surface area contributed by atoms with Crippen LogP contribution in [0.5, 0.6) is 0 Å². The molecule has 7 nitrogen and oxygen atoms in total. The molecule has 0 saturated carbocycles. The molecule has 0 bridgehead atoms. The van der Waals surface area contributed by atoms with Crippen LogP contribution >= 0.6 is 11.6 Å². The molecule has 1 aromatic heterocycles. The minimum Gasteiger partial charge on any atom is -0.394 e. The van der Waals surface area contributed by atoms with Crippen LogP contribution in [0.4, 0.5) is 11.9 Å². The van der Waals surface area contributed by atoms with E-state index < -0.39 is 0 Å². The lowest BCUT2D eigenvalue weighted by molar-refractivity contribution is 0.0157. The summed E-state index contributed by atoms with van der Waals surface area (Å²) in [6, 6.07) is 0. The van der Waals surface area contributed by atoms with Crippen LogP contribution in [-0.4, -0.2) is 59.5 Å². The number of hydrogen-bond donors (Lipinski definition) is 2. The minimum atomic E-state index is 0.0643. The van der Waals surface area contributed by atoms with Crippen molar-refractivity contribution in [2.45, 2.75) is 18.9 Å². The summed E-state index contributed by atoms with van der Waals surface area (Å²) >= 11 is 5.86. The number of anilines is 2. The lowest BCUT2D eigenvalue weighted by atomic mass is 10.1. The standard InChI is InChI=1S/C11H18ClN5O2/c1-13-10-14-9(12)15-11(16-10)17-4-2-8(3-5-17)19-7-6-18/h8,18H,2-7H2,1H3,(H,13,14,15,16). The van der Waals surface area contributed by atoms with Crippen LogP contribution in [0, 0.1) is 0 Å². The molecule has 0 amide bonds. The Morgan fingerprint density at radius 2 is 2.11 bits per heavy atom. The topological polar surface area (TPSA) is 83.4 Å². The summed E-state index contributed by atoms with van der Waals surface area (Å²) in [5, 5.41) is 11.8. The monoisotopic (exact) mass is 287 g/mol. The fraction of sp³-hybridized carbons (Fsp3) is 0.727. The molecule has 19 heavy (non-hydrogen) atoms. The summed E-state index contributed by atoms with van der Waals surface area (Å²) in [5.41, 5.74) is 0. The van der Waals surface area contributed by atoms with Gasteiger partial charge in [-0.1, -0.05) is 0 Å². The van der Waals surface area contributed by atoms with Crippen LogP contribution in [-0.2, 0) is 4.74 Å². The Kier molecular flexibility index (Phi) is 5.12. The van der Waals surface area contributed by atoms with Crippen LogP contribution in [0.15, 0.2) is 0 Å². The number of aliphatic hydroxyl groups excluding tert-OH is 1. The average Bonchev–Trinajstić information content (AvgIpc) is 2.45. The zero-order valence-electron chi connectivity index (χ0n) is 10.8. The molecule has 2 rings (SSSR count). The molecule has 1 aromatic rings. The molecule has 0 radical (unpaired) electrons. The van der Waals surface area contributed by atoms with Crippen molar-refractivity contribution in [2.75, 3.05) is 43.6 Å². The summed E-state index contributed by atoms with van der Waals surface area (Å²) < 4.78 is 5.52. The summed E-state index contributed by atoms with van der Waals surface area (Å²) in [7, 11) is 1.74. The van der Waals surface area contributed by atoms with Gasteiger partial charge in [-0.05, 0) is 24.4 Å². The van der Waals surface area contributed by atoms with Gasteiger partial charge in [0, 0.05) is 20.1 Å². The van der Waals surface area contributed by atoms with E-state index >= 15 is 0 Å². The van der Waals surface area contributed by atoms with E-state index in [-0.39, 0.29) is 18.0 Å². The van der Waals surface area contributed by atoms with Crippen molar-refractivity contribution in [3.05, 3.63) is 5.28 Å². The Morgan fingerprint density at radius 1 is 1.37 bits per heavy atom. The Hall–Kier alpha value is -1.18. The smallest absolute Gasteiger partial charge is 0.231 e. The summed E-state index contributed by atoms with van der Waals surface area (Å²) in [4.78, 5) is 14.4. The molecule has 1 aliphatic rings. The highest BCUT2D eigenvalue weighted by atomic mass is 35.5. The third-order valence-electron chi connectivity index (χ3n) is 2.99. The SMILES string of the molecule is CNc1nc(Cl)nc(N2CCC(OCCO)CC2)n1. The number of rotatable bonds is 5. The van der Waals surface area contributed by atoms with Gasteiger partial charge in [0.2, 0.25) is 17.2 Å². The molecule has 0 spiro atoms. The molecule has 1 fully saturated rings.